The van der Waals surface area contributed by atoms with Crippen molar-refractivity contribution >= 4 is 44.3 Å². The van der Waals surface area contributed by atoms with E-state index >= 15 is 0 Å². The Kier molecular flexibility index (Phi) is 4.93. The molecule has 0 aliphatic heterocycles. The molecule has 0 N–H and O–H groups in total. The largest absolute Gasteiger partial charge is 0.293 e. The van der Waals surface area contributed by atoms with E-state index in [2.05, 4.69) is 44.6 Å². The Labute approximate surface area is 117 Å². The number of Topliss-reactive ketones (excluding diaryl/α,β-unsaturated/α-hetero) is 1. The van der Waals surface area contributed by atoms with E-state index in [1.807, 2.05) is 26.0 Å². The fraction of sp³-hybridized carbons (Fsp3) is 0.333. The molecule has 0 amide bonds. The second kappa shape index (κ2) is 5.78. The van der Waals surface area contributed by atoms with Gasteiger partial charge in [-0.1, -0.05) is 29.8 Å². The predicted octanol–water partition coefficient (Wildman–Crippen LogP) is 4.03. The first-order valence-electron chi connectivity index (χ1n) is 4.86. The third-order valence-electron chi connectivity index (χ3n) is 2.28. The second-order valence-electron chi connectivity index (χ2n) is 3.84. The summed E-state index contributed by atoms with van der Waals surface area (Å²) in [6, 6.07) is 7.60. The monoisotopic (exact) mass is 391 g/mol. The van der Waals surface area contributed by atoms with Gasteiger partial charge in [-0.25, -0.2) is 0 Å². The maximum atomic E-state index is 12.1. The topological polar surface area (TPSA) is 40.9 Å². The highest BCUT2D eigenvalue weighted by Crippen LogP contribution is 2.23. The summed E-state index contributed by atoms with van der Waals surface area (Å²) >= 11 is 5.45. The van der Waals surface area contributed by atoms with Crippen LogP contribution < -0.4 is 0 Å². The normalized spacial score (nSPS) is 12.2. The molecule has 1 aromatic carbocycles. The molecule has 0 aliphatic carbocycles. The molecule has 16 heavy (non-hydrogen) atoms. The second-order valence-corrected chi connectivity index (χ2v) is 5.92. The van der Waals surface area contributed by atoms with Crippen LogP contribution in [0.3, 0.4) is 0 Å². The highest BCUT2D eigenvalue weighted by atomic mass is 127. The number of nitriles is 1. The van der Waals surface area contributed by atoms with E-state index in [1.165, 1.54) is 0 Å². The van der Waals surface area contributed by atoms with Gasteiger partial charge in [0.15, 0.2) is 5.78 Å². The van der Waals surface area contributed by atoms with Gasteiger partial charge in [-0.15, -0.1) is 0 Å². The van der Waals surface area contributed by atoms with E-state index in [4.69, 9.17) is 5.26 Å². The molecule has 0 aliphatic rings. The number of hydrogen-bond donors (Lipinski definition) is 0. The number of carbonyl (C=O) groups is 1. The molecule has 1 unspecified atom stereocenters. The van der Waals surface area contributed by atoms with Crippen molar-refractivity contribution in [3.8, 4) is 6.07 Å². The number of nitrogens with zero attached hydrogens (tertiary/aromatic N) is 1. The van der Waals surface area contributed by atoms with Crippen molar-refractivity contribution in [3.63, 3.8) is 0 Å². The Balaban J connectivity index is 3.14. The maximum Gasteiger partial charge on any atom is 0.181 e. The Bertz CT molecular complexity index is 451. The van der Waals surface area contributed by atoms with Crippen molar-refractivity contribution in [2.45, 2.75) is 13.8 Å². The van der Waals surface area contributed by atoms with E-state index in [9.17, 15) is 4.79 Å². The summed E-state index contributed by atoms with van der Waals surface area (Å²) < 4.78 is 1.74. The lowest BCUT2D eigenvalue weighted by molar-refractivity contribution is 0.0923. The Morgan fingerprint density at radius 1 is 1.50 bits per heavy atom. The van der Waals surface area contributed by atoms with Crippen LogP contribution in [0.2, 0.25) is 0 Å². The van der Waals surface area contributed by atoms with Crippen molar-refractivity contribution < 1.29 is 4.79 Å². The predicted molar refractivity (Wildman–Crippen MR) is 75.1 cm³/mol. The highest BCUT2D eigenvalue weighted by molar-refractivity contribution is 14.1. The molecule has 2 nitrogen and oxygen atoms in total. The van der Waals surface area contributed by atoms with Crippen LogP contribution in [0.25, 0.3) is 0 Å². The van der Waals surface area contributed by atoms with Gasteiger partial charge in [0.1, 0.15) is 5.92 Å². The van der Waals surface area contributed by atoms with Gasteiger partial charge in [-0.2, -0.15) is 5.26 Å². The van der Waals surface area contributed by atoms with E-state index in [0.717, 1.165) is 8.04 Å². The number of ketones is 1. The number of halogens is 2. The SMILES string of the molecule is CC(C)C(C#N)C(=O)c1cc(Br)ccc1I. The molecule has 0 radical (unpaired) electrons. The van der Waals surface area contributed by atoms with Crippen molar-refractivity contribution in [1.82, 2.24) is 0 Å². The fourth-order valence-corrected chi connectivity index (χ4v) is 2.33. The number of rotatable bonds is 3. The highest BCUT2D eigenvalue weighted by Gasteiger charge is 2.24. The Hall–Kier alpha value is -0.410. The van der Waals surface area contributed by atoms with Gasteiger partial charge in [0.05, 0.1) is 6.07 Å². The lowest BCUT2D eigenvalue weighted by Gasteiger charge is -2.12. The molecule has 0 heterocycles. The zero-order valence-electron chi connectivity index (χ0n) is 9.00. The third kappa shape index (κ3) is 3.05. The molecular weight excluding hydrogens is 381 g/mol. The van der Waals surface area contributed by atoms with Crippen LogP contribution in [0, 0.1) is 26.7 Å². The molecule has 0 saturated heterocycles. The van der Waals surface area contributed by atoms with Gasteiger partial charge in [0.25, 0.3) is 0 Å². The molecule has 1 aromatic rings. The zero-order chi connectivity index (χ0) is 12.3. The van der Waals surface area contributed by atoms with E-state index in [0.29, 0.717) is 5.56 Å². The Morgan fingerprint density at radius 2 is 2.12 bits per heavy atom. The average Bonchev–Trinajstić information content (AvgIpc) is 2.22. The standard InChI is InChI=1S/C12H11BrINO/c1-7(2)10(6-15)12(16)9-5-8(13)3-4-11(9)14/h3-5,7,10H,1-2H3. The fourth-order valence-electron chi connectivity index (χ4n) is 1.36. The van der Waals surface area contributed by atoms with E-state index < -0.39 is 5.92 Å². The molecule has 4 heteroatoms. The van der Waals surface area contributed by atoms with Crippen LogP contribution in [0.5, 0.6) is 0 Å². The summed E-state index contributed by atoms with van der Waals surface area (Å²) in [5.74, 6) is -0.627. The van der Waals surface area contributed by atoms with Crippen molar-refractivity contribution in [3.05, 3.63) is 31.8 Å². The van der Waals surface area contributed by atoms with Crippen LogP contribution in [-0.2, 0) is 0 Å². The first kappa shape index (κ1) is 13.7. The minimum absolute atomic E-state index is 0.0345. The van der Waals surface area contributed by atoms with Gasteiger partial charge in [0, 0.05) is 13.6 Å². The lowest BCUT2D eigenvalue weighted by Crippen LogP contribution is -2.19. The summed E-state index contributed by atoms with van der Waals surface area (Å²) in [6.45, 7) is 3.77. The summed E-state index contributed by atoms with van der Waals surface area (Å²) in [5, 5.41) is 9.00. The smallest absolute Gasteiger partial charge is 0.181 e. The van der Waals surface area contributed by atoms with Crippen LogP contribution >= 0.6 is 38.5 Å². The molecule has 0 fully saturated rings. The molecule has 0 saturated carbocycles. The Morgan fingerprint density at radius 3 is 2.62 bits per heavy atom. The van der Waals surface area contributed by atoms with Gasteiger partial charge < -0.3 is 0 Å². The van der Waals surface area contributed by atoms with Crippen molar-refractivity contribution in [1.29, 1.82) is 5.26 Å². The zero-order valence-corrected chi connectivity index (χ0v) is 12.7. The molecule has 0 aromatic heterocycles. The number of carbonyl (C=O) groups excluding carboxylic acids is 1. The first-order chi connectivity index (χ1) is 7.47. The summed E-state index contributed by atoms with van der Waals surface area (Å²) in [4.78, 5) is 12.1. The summed E-state index contributed by atoms with van der Waals surface area (Å²) in [7, 11) is 0. The molecular formula is C12H11BrINO. The molecule has 84 valence electrons. The van der Waals surface area contributed by atoms with Gasteiger partial charge >= 0.3 is 0 Å². The van der Waals surface area contributed by atoms with Crippen molar-refractivity contribution in [2.75, 3.05) is 0 Å². The number of hydrogen-bond acceptors (Lipinski definition) is 2. The molecule has 0 spiro atoms. The van der Waals surface area contributed by atoms with Crippen molar-refractivity contribution in [2.24, 2.45) is 11.8 Å². The van der Waals surface area contributed by atoms with Crippen LogP contribution in [0.15, 0.2) is 22.7 Å². The van der Waals surface area contributed by atoms with Crippen LogP contribution in [-0.4, -0.2) is 5.78 Å². The van der Waals surface area contributed by atoms with Gasteiger partial charge in [-0.05, 0) is 46.7 Å². The minimum Gasteiger partial charge on any atom is -0.293 e. The maximum absolute atomic E-state index is 12.1. The summed E-state index contributed by atoms with van der Waals surface area (Å²) in [5.41, 5.74) is 0.621. The van der Waals surface area contributed by atoms with E-state index in [-0.39, 0.29) is 11.7 Å². The van der Waals surface area contributed by atoms with E-state index in [1.54, 1.807) is 6.07 Å². The third-order valence-corrected chi connectivity index (χ3v) is 3.72. The van der Waals surface area contributed by atoms with Crippen LogP contribution in [0.1, 0.15) is 24.2 Å². The molecule has 1 atom stereocenters. The van der Waals surface area contributed by atoms with Gasteiger partial charge in [0.2, 0.25) is 0 Å². The molecule has 0 bridgehead atoms. The average molecular weight is 392 g/mol. The molecule has 1 rings (SSSR count). The number of benzene rings is 1. The lowest BCUT2D eigenvalue weighted by atomic mass is 9.89. The minimum atomic E-state index is -0.567. The first-order valence-corrected chi connectivity index (χ1v) is 6.73. The quantitative estimate of drug-likeness (QED) is 0.576. The summed E-state index contributed by atoms with van der Waals surface area (Å²) in [6.07, 6.45) is 0. The van der Waals surface area contributed by atoms with Gasteiger partial charge in [-0.3, -0.25) is 4.79 Å². The van der Waals surface area contributed by atoms with Crippen LogP contribution in [0.4, 0.5) is 0 Å².